The molecule has 0 aliphatic heterocycles. The first kappa shape index (κ1) is 14.4. The van der Waals surface area contributed by atoms with Crippen molar-refractivity contribution in [2.45, 2.75) is 33.6 Å². The summed E-state index contributed by atoms with van der Waals surface area (Å²) >= 11 is 0. The van der Waals surface area contributed by atoms with Crippen LogP contribution in [0.2, 0.25) is 0 Å². The van der Waals surface area contributed by atoms with Crippen LogP contribution in [0.25, 0.3) is 0 Å². The highest BCUT2D eigenvalue weighted by atomic mass is 16.2. The summed E-state index contributed by atoms with van der Waals surface area (Å²) < 4.78 is 0. The van der Waals surface area contributed by atoms with Crippen molar-refractivity contribution in [1.29, 1.82) is 0 Å². The number of unbranched alkanes of at least 4 members (excludes halogenated alkanes) is 1. The van der Waals surface area contributed by atoms with E-state index in [4.69, 9.17) is 0 Å². The average molecular weight is 250 g/mol. The van der Waals surface area contributed by atoms with Gasteiger partial charge in [0, 0.05) is 19.6 Å². The van der Waals surface area contributed by atoms with Crippen LogP contribution in [0.15, 0.2) is 12.4 Å². The molecular weight excluding hydrogens is 228 g/mol. The molecule has 1 N–H and O–H groups in total. The maximum atomic E-state index is 12.0. The second kappa shape index (κ2) is 7.63. The van der Waals surface area contributed by atoms with Gasteiger partial charge < -0.3 is 10.2 Å². The molecule has 1 rings (SSSR count). The van der Waals surface area contributed by atoms with Crippen molar-refractivity contribution in [2.24, 2.45) is 0 Å². The monoisotopic (exact) mass is 250 g/mol. The van der Waals surface area contributed by atoms with Crippen LogP contribution < -0.4 is 5.32 Å². The first-order valence-corrected chi connectivity index (χ1v) is 6.58. The lowest BCUT2D eigenvalue weighted by Crippen LogP contribution is -2.31. The Hall–Kier alpha value is -1.65. The Morgan fingerprint density at radius 2 is 1.94 bits per heavy atom. The summed E-state index contributed by atoms with van der Waals surface area (Å²) in [7, 11) is 0. The van der Waals surface area contributed by atoms with Crippen LogP contribution in [-0.2, 0) is 0 Å². The van der Waals surface area contributed by atoms with Gasteiger partial charge in [0.1, 0.15) is 11.5 Å². The minimum atomic E-state index is -0.0624. The number of amides is 1. The van der Waals surface area contributed by atoms with Crippen molar-refractivity contribution in [3.63, 3.8) is 0 Å². The topological polar surface area (TPSA) is 58.1 Å². The van der Waals surface area contributed by atoms with E-state index in [-0.39, 0.29) is 5.91 Å². The van der Waals surface area contributed by atoms with E-state index in [1.165, 1.54) is 6.20 Å². The predicted molar refractivity (Wildman–Crippen MR) is 72.7 cm³/mol. The number of carbonyl (C=O) groups is 1. The van der Waals surface area contributed by atoms with E-state index in [9.17, 15) is 4.79 Å². The smallest absolute Gasteiger partial charge is 0.274 e. The Labute approximate surface area is 109 Å². The third-order valence-corrected chi connectivity index (χ3v) is 2.76. The molecule has 0 aliphatic rings. The molecule has 0 atom stereocenters. The summed E-state index contributed by atoms with van der Waals surface area (Å²) in [6, 6.07) is 0. The fourth-order valence-corrected chi connectivity index (χ4v) is 1.60. The molecule has 0 aliphatic carbocycles. The van der Waals surface area contributed by atoms with E-state index in [1.807, 2.05) is 13.8 Å². The maximum absolute atomic E-state index is 12.0. The lowest BCUT2D eigenvalue weighted by Gasteiger charge is -2.17. The lowest BCUT2D eigenvalue weighted by molar-refractivity contribution is 0.0766. The summed E-state index contributed by atoms with van der Waals surface area (Å²) in [5.74, 6) is 0.659. The van der Waals surface area contributed by atoms with E-state index in [1.54, 1.807) is 11.1 Å². The fraction of sp³-hybridized carbons (Fsp3) is 0.615. The minimum Gasteiger partial charge on any atom is -0.369 e. The molecule has 1 amide bonds. The zero-order valence-corrected chi connectivity index (χ0v) is 11.4. The van der Waals surface area contributed by atoms with Crippen LogP contribution in [0.4, 0.5) is 5.82 Å². The summed E-state index contributed by atoms with van der Waals surface area (Å²) in [5.41, 5.74) is 0.403. The Balaban J connectivity index is 2.61. The molecule has 1 aromatic heterocycles. The third kappa shape index (κ3) is 3.98. The number of hydrogen-bond acceptors (Lipinski definition) is 4. The normalized spacial score (nSPS) is 10.2. The van der Waals surface area contributed by atoms with Crippen LogP contribution in [0.1, 0.15) is 44.1 Å². The largest absolute Gasteiger partial charge is 0.369 e. The maximum Gasteiger partial charge on any atom is 0.274 e. The van der Waals surface area contributed by atoms with Crippen molar-refractivity contribution in [3.05, 3.63) is 18.1 Å². The van der Waals surface area contributed by atoms with E-state index in [2.05, 4.69) is 22.2 Å². The van der Waals surface area contributed by atoms with E-state index in [0.717, 1.165) is 25.2 Å². The quantitative estimate of drug-likeness (QED) is 0.753. The molecule has 0 fully saturated rings. The number of carbonyl (C=O) groups excluding carboxylic acids is 1. The molecule has 0 aromatic carbocycles. The molecule has 5 heteroatoms. The van der Waals surface area contributed by atoms with Crippen molar-refractivity contribution < 1.29 is 4.79 Å². The van der Waals surface area contributed by atoms with E-state index in [0.29, 0.717) is 18.8 Å². The first-order chi connectivity index (χ1) is 8.72. The highest BCUT2D eigenvalue weighted by Gasteiger charge is 2.13. The highest BCUT2D eigenvalue weighted by molar-refractivity contribution is 5.92. The van der Waals surface area contributed by atoms with E-state index < -0.39 is 0 Å². The predicted octanol–water partition coefficient (Wildman–Crippen LogP) is 2.17. The molecule has 18 heavy (non-hydrogen) atoms. The van der Waals surface area contributed by atoms with E-state index >= 15 is 0 Å². The van der Waals surface area contributed by atoms with Gasteiger partial charge in [0.2, 0.25) is 0 Å². The van der Waals surface area contributed by atoms with Crippen molar-refractivity contribution >= 4 is 11.7 Å². The molecular formula is C13H22N4O. The van der Waals surface area contributed by atoms with Crippen LogP contribution in [0, 0.1) is 0 Å². The van der Waals surface area contributed by atoms with Crippen LogP contribution in [0.5, 0.6) is 0 Å². The number of anilines is 1. The highest BCUT2D eigenvalue weighted by Crippen LogP contribution is 2.04. The second-order valence-corrected chi connectivity index (χ2v) is 4.04. The van der Waals surface area contributed by atoms with Gasteiger partial charge in [-0.3, -0.25) is 4.79 Å². The molecule has 5 nitrogen and oxygen atoms in total. The van der Waals surface area contributed by atoms with Gasteiger partial charge in [-0.2, -0.15) is 0 Å². The van der Waals surface area contributed by atoms with Crippen molar-refractivity contribution in [3.8, 4) is 0 Å². The number of aromatic nitrogens is 2. The Morgan fingerprint density at radius 1 is 1.22 bits per heavy atom. The lowest BCUT2D eigenvalue weighted by atomic mass is 10.3. The van der Waals surface area contributed by atoms with Gasteiger partial charge in [0.05, 0.1) is 12.4 Å². The molecule has 0 radical (unpaired) electrons. The third-order valence-electron chi connectivity index (χ3n) is 2.76. The van der Waals surface area contributed by atoms with Gasteiger partial charge in [0.15, 0.2) is 0 Å². The fourth-order valence-electron chi connectivity index (χ4n) is 1.60. The van der Waals surface area contributed by atoms with Crippen LogP contribution in [0.3, 0.4) is 0 Å². The van der Waals surface area contributed by atoms with Gasteiger partial charge in [0.25, 0.3) is 5.91 Å². The molecule has 0 saturated heterocycles. The SMILES string of the molecule is CCCCNc1cnc(C(=O)N(CC)CC)cn1. The van der Waals surface area contributed by atoms with Crippen LogP contribution >= 0.6 is 0 Å². The molecule has 0 unspecified atom stereocenters. The van der Waals surface area contributed by atoms with Gasteiger partial charge >= 0.3 is 0 Å². The summed E-state index contributed by atoms with van der Waals surface area (Å²) in [6.07, 6.45) is 5.39. The van der Waals surface area contributed by atoms with Crippen molar-refractivity contribution in [1.82, 2.24) is 14.9 Å². The van der Waals surface area contributed by atoms with Crippen LogP contribution in [-0.4, -0.2) is 40.4 Å². The Bertz CT molecular complexity index is 360. The molecule has 1 aromatic rings. The van der Waals surface area contributed by atoms with Gasteiger partial charge in [-0.1, -0.05) is 13.3 Å². The van der Waals surface area contributed by atoms with Gasteiger partial charge in [-0.15, -0.1) is 0 Å². The van der Waals surface area contributed by atoms with Gasteiger partial charge in [-0.25, -0.2) is 9.97 Å². The van der Waals surface area contributed by atoms with Crippen molar-refractivity contribution in [2.75, 3.05) is 25.0 Å². The second-order valence-electron chi connectivity index (χ2n) is 4.04. The molecule has 0 bridgehead atoms. The zero-order valence-electron chi connectivity index (χ0n) is 11.4. The standard InChI is InChI=1S/C13H22N4O/c1-4-7-8-14-12-10-15-11(9-16-12)13(18)17(5-2)6-3/h9-10H,4-8H2,1-3H3,(H,14,16). The zero-order chi connectivity index (χ0) is 13.4. The summed E-state index contributed by atoms with van der Waals surface area (Å²) in [4.78, 5) is 22.1. The Morgan fingerprint density at radius 3 is 2.44 bits per heavy atom. The number of rotatable bonds is 7. The minimum absolute atomic E-state index is 0.0624. The molecule has 100 valence electrons. The Kier molecular flexibility index (Phi) is 6.11. The molecule has 1 heterocycles. The molecule has 0 spiro atoms. The summed E-state index contributed by atoms with van der Waals surface area (Å²) in [5, 5.41) is 3.17. The molecule has 0 saturated carbocycles. The van der Waals surface area contributed by atoms with Gasteiger partial charge in [-0.05, 0) is 20.3 Å². The number of nitrogens with zero attached hydrogens (tertiary/aromatic N) is 3. The number of nitrogens with one attached hydrogen (secondary N) is 1. The average Bonchev–Trinajstić information content (AvgIpc) is 2.41. The summed E-state index contributed by atoms with van der Waals surface area (Å²) in [6.45, 7) is 8.31. The number of hydrogen-bond donors (Lipinski definition) is 1. The first-order valence-electron chi connectivity index (χ1n) is 6.58.